The summed E-state index contributed by atoms with van der Waals surface area (Å²) in [6.07, 6.45) is 4.17. The van der Waals surface area contributed by atoms with Crippen LogP contribution in [0.4, 0.5) is 0 Å². The minimum atomic E-state index is -0.152. The number of nitrogens with zero attached hydrogens (tertiary/aromatic N) is 2. The monoisotopic (exact) mass is 400 g/mol. The molecule has 0 spiro atoms. The highest BCUT2D eigenvalue weighted by atomic mass is 35.5. The summed E-state index contributed by atoms with van der Waals surface area (Å²) in [4.78, 5) is 20.3. The van der Waals surface area contributed by atoms with Crippen LogP contribution < -0.4 is 11.0 Å². The van der Waals surface area contributed by atoms with Crippen molar-refractivity contribution in [2.24, 2.45) is 5.10 Å². The van der Waals surface area contributed by atoms with Crippen LogP contribution in [0.25, 0.3) is 22.0 Å². The molecule has 0 bridgehead atoms. The molecule has 1 unspecified atom stereocenters. The van der Waals surface area contributed by atoms with Crippen molar-refractivity contribution >= 4 is 28.2 Å². The molecular formula is C23H17ClN4O. The molecule has 6 heteroatoms. The molecule has 2 aromatic carbocycles. The summed E-state index contributed by atoms with van der Waals surface area (Å²) in [6, 6.07) is 19.3. The van der Waals surface area contributed by atoms with Gasteiger partial charge in [0.15, 0.2) is 0 Å². The number of hydrogen-bond acceptors (Lipinski definition) is 4. The predicted octanol–water partition coefficient (Wildman–Crippen LogP) is 4.68. The number of aromatic amines is 1. The van der Waals surface area contributed by atoms with Crippen LogP contribution in [0.3, 0.4) is 0 Å². The van der Waals surface area contributed by atoms with E-state index in [0.29, 0.717) is 17.0 Å². The highest BCUT2D eigenvalue weighted by Crippen LogP contribution is 2.33. The molecule has 1 aliphatic rings. The highest BCUT2D eigenvalue weighted by Gasteiger charge is 2.26. The van der Waals surface area contributed by atoms with Crippen LogP contribution in [-0.2, 0) is 0 Å². The zero-order valence-electron chi connectivity index (χ0n) is 15.4. The Kier molecular flexibility index (Phi) is 4.37. The van der Waals surface area contributed by atoms with Crippen LogP contribution in [-0.4, -0.2) is 15.7 Å². The molecule has 0 radical (unpaired) electrons. The van der Waals surface area contributed by atoms with Gasteiger partial charge in [0, 0.05) is 40.3 Å². The number of aromatic nitrogens is 2. The van der Waals surface area contributed by atoms with Gasteiger partial charge in [-0.3, -0.25) is 9.78 Å². The minimum absolute atomic E-state index is 0.0114. The van der Waals surface area contributed by atoms with Gasteiger partial charge in [-0.25, -0.2) is 0 Å². The van der Waals surface area contributed by atoms with Crippen molar-refractivity contribution in [3.05, 3.63) is 99.6 Å². The number of rotatable bonds is 3. The lowest BCUT2D eigenvalue weighted by molar-refractivity contribution is 0.618. The fourth-order valence-electron chi connectivity index (χ4n) is 3.81. The van der Waals surface area contributed by atoms with Gasteiger partial charge in [-0.15, -0.1) is 0 Å². The van der Waals surface area contributed by atoms with Crippen LogP contribution in [0, 0.1) is 0 Å². The predicted molar refractivity (Wildman–Crippen MR) is 116 cm³/mol. The molecule has 3 heterocycles. The van der Waals surface area contributed by atoms with E-state index in [0.717, 1.165) is 33.3 Å². The maximum Gasteiger partial charge on any atom is 0.258 e. The largest absolute Gasteiger partial charge is 0.321 e. The third-order valence-corrected chi connectivity index (χ3v) is 5.43. The number of para-hydroxylation sites is 1. The van der Waals surface area contributed by atoms with E-state index >= 15 is 0 Å². The number of hydrogen-bond donors (Lipinski definition) is 2. The Bertz CT molecular complexity index is 1280. The van der Waals surface area contributed by atoms with Crippen molar-refractivity contribution < 1.29 is 0 Å². The molecule has 5 nitrogen and oxygen atoms in total. The SMILES string of the molecule is O=c1[nH]c2ccccc2c(-c2ccc(Cl)cc2)c1C1=NNC(c2cccnc2)C1. The van der Waals surface area contributed by atoms with Crippen molar-refractivity contribution in [3.8, 4) is 11.1 Å². The Morgan fingerprint density at radius 2 is 1.79 bits per heavy atom. The van der Waals surface area contributed by atoms with Crippen LogP contribution in [0.15, 0.2) is 83.0 Å². The Labute approximate surface area is 172 Å². The first-order valence-corrected chi connectivity index (χ1v) is 9.72. The first-order valence-electron chi connectivity index (χ1n) is 9.34. The maximum atomic E-state index is 13.1. The van der Waals surface area contributed by atoms with Gasteiger partial charge < -0.3 is 10.4 Å². The van der Waals surface area contributed by atoms with Crippen molar-refractivity contribution in [2.75, 3.05) is 0 Å². The number of H-pyrrole nitrogens is 1. The molecule has 29 heavy (non-hydrogen) atoms. The number of hydrazone groups is 1. The molecule has 2 aromatic heterocycles. The van der Waals surface area contributed by atoms with E-state index in [2.05, 4.69) is 20.5 Å². The van der Waals surface area contributed by atoms with Gasteiger partial charge in [0.2, 0.25) is 0 Å². The molecule has 1 atom stereocenters. The molecule has 0 saturated heterocycles. The fraction of sp³-hybridized carbons (Fsp3) is 0.0870. The van der Waals surface area contributed by atoms with Gasteiger partial charge in [0.05, 0.1) is 17.3 Å². The zero-order valence-corrected chi connectivity index (χ0v) is 16.1. The first-order chi connectivity index (χ1) is 14.2. The van der Waals surface area contributed by atoms with E-state index in [1.807, 2.05) is 66.9 Å². The molecule has 0 saturated carbocycles. The number of nitrogens with one attached hydrogen (secondary N) is 2. The van der Waals surface area contributed by atoms with Crippen LogP contribution >= 0.6 is 11.6 Å². The zero-order chi connectivity index (χ0) is 19.8. The van der Waals surface area contributed by atoms with Crippen LogP contribution in [0.1, 0.15) is 23.6 Å². The first kappa shape index (κ1) is 17.6. The van der Waals surface area contributed by atoms with E-state index in [9.17, 15) is 4.79 Å². The van der Waals surface area contributed by atoms with Crippen LogP contribution in [0.5, 0.6) is 0 Å². The summed E-state index contributed by atoms with van der Waals surface area (Å²) in [7, 11) is 0. The summed E-state index contributed by atoms with van der Waals surface area (Å²) in [5.41, 5.74) is 7.96. The second-order valence-corrected chi connectivity index (χ2v) is 7.42. The Hall–Kier alpha value is -3.44. The molecular weight excluding hydrogens is 384 g/mol. The molecule has 4 aromatic rings. The van der Waals surface area contributed by atoms with Crippen molar-refractivity contribution in [3.63, 3.8) is 0 Å². The van der Waals surface area contributed by atoms with E-state index in [1.54, 1.807) is 6.20 Å². The lowest BCUT2D eigenvalue weighted by atomic mass is 9.91. The number of halogens is 1. The van der Waals surface area contributed by atoms with Gasteiger partial charge in [-0.1, -0.05) is 48.0 Å². The van der Waals surface area contributed by atoms with E-state index in [1.165, 1.54) is 0 Å². The quantitative estimate of drug-likeness (QED) is 0.524. The number of pyridine rings is 2. The second-order valence-electron chi connectivity index (χ2n) is 6.99. The summed E-state index contributed by atoms with van der Waals surface area (Å²) in [5, 5.41) is 6.15. The smallest absolute Gasteiger partial charge is 0.258 e. The van der Waals surface area contributed by atoms with E-state index < -0.39 is 0 Å². The lowest BCUT2D eigenvalue weighted by Crippen LogP contribution is -2.20. The standard InChI is InChI=1S/C23H17ClN4O/c24-16-9-7-14(8-10-16)21-17-5-1-2-6-18(17)26-23(29)22(21)20-12-19(27-28-20)15-4-3-11-25-13-15/h1-11,13,19,27H,12H2,(H,26,29). The summed E-state index contributed by atoms with van der Waals surface area (Å²) in [5.74, 6) is 0. The Morgan fingerprint density at radius 1 is 0.966 bits per heavy atom. The number of benzene rings is 2. The van der Waals surface area contributed by atoms with Crippen molar-refractivity contribution in [2.45, 2.75) is 12.5 Å². The minimum Gasteiger partial charge on any atom is -0.321 e. The summed E-state index contributed by atoms with van der Waals surface area (Å²) < 4.78 is 0. The average Bonchev–Trinajstić information content (AvgIpc) is 3.24. The van der Waals surface area contributed by atoms with E-state index in [-0.39, 0.29) is 11.6 Å². The third kappa shape index (κ3) is 3.19. The topological polar surface area (TPSA) is 70.1 Å². The van der Waals surface area contributed by atoms with Gasteiger partial charge in [0.1, 0.15) is 0 Å². The molecule has 0 aliphatic carbocycles. The molecule has 0 fully saturated rings. The number of fused-ring (bicyclic) bond motifs is 1. The van der Waals surface area contributed by atoms with E-state index in [4.69, 9.17) is 11.6 Å². The molecule has 1 aliphatic heterocycles. The average molecular weight is 401 g/mol. The van der Waals surface area contributed by atoms with Crippen molar-refractivity contribution in [1.29, 1.82) is 0 Å². The van der Waals surface area contributed by atoms with Crippen molar-refractivity contribution in [1.82, 2.24) is 15.4 Å². The summed E-state index contributed by atoms with van der Waals surface area (Å²) >= 11 is 6.09. The van der Waals surface area contributed by atoms with Crippen LogP contribution in [0.2, 0.25) is 5.02 Å². The molecule has 2 N–H and O–H groups in total. The maximum absolute atomic E-state index is 13.1. The Balaban J connectivity index is 1.68. The molecule has 5 rings (SSSR count). The van der Waals surface area contributed by atoms with Gasteiger partial charge >= 0.3 is 0 Å². The molecule has 142 valence electrons. The lowest BCUT2D eigenvalue weighted by Gasteiger charge is -2.13. The fourth-order valence-corrected chi connectivity index (χ4v) is 3.93. The highest BCUT2D eigenvalue weighted by molar-refractivity contribution is 6.30. The van der Waals surface area contributed by atoms with Gasteiger partial charge in [0.25, 0.3) is 5.56 Å². The Morgan fingerprint density at radius 3 is 2.59 bits per heavy atom. The summed E-state index contributed by atoms with van der Waals surface area (Å²) in [6.45, 7) is 0. The van der Waals surface area contributed by atoms with Gasteiger partial charge in [-0.2, -0.15) is 5.10 Å². The van der Waals surface area contributed by atoms with Gasteiger partial charge in [-0.05, 0) is 35.4 Å². The third-order valence-electron chi connectivity index (χ3n) is 5.18. The molecule has 0 amide bonds. The second kappa shape index (κ2) is 7.18. The normalized spacial score (nSPS) is 15.9.